The van der Waals surface area contributed by atoms with Crippen molar-refractivity contribution in [2.75, 3.05) is 0 Å². The highest BCUT2D eigenvalue weighted by Gasteiger charge is 2.14. The first-order valence-corrected chi connectivity index (χ1v) is 8.56. The number of carbonyl (C=O) groups excluding carboxylic acids is 1. The summed E-state index contributed by atoms with van der Waals surface area (Å²) in [6.07, 6.45) is 3.46. The lowest BCUT2D eigenvalue weighted by Crippen LogP contribution is -2.21. The van der Waals surface area contributed by atoms with Crippen LogP contribution in [-0.2, 0) is 13.2 Å². The minimum absolute atomic E-state index is 0.0507. The van der Waals surface area contributed by atoms with Crippen LogP contribution in [0.25, 0.3) is 0 Å². The maximum absolute atomic E-state index is 12.0. The molecule has 0 unspecified atom stereocenters. The molecule has 0 saturated carbocycles. The van der Waals surface area contributed by atoms with Gasteiger partial charge >= 0.3 is 5.00 Å². The maximum atomic E-state index is 12.0. The Morgan fingerprint density at radius 2 is 1.96 bits per heavy atom. The van der Waals surface area contributed by atoms with Crippen molar-refractivity contribution < 1.29 is 14.5 Å². The van der Waals surface area contributed by atoms with E-state index in [0.29, 0.717) is 18.0 Å². The van der Waals surface area contributed by atoms with E-state index in [2.05, 4.69) is 10.3 Å². The molecule has 7 nitrogen and oxygen atoms in total. The van der Waals surface area contributed by atoms with Gasteiger partial charge in [-0.15, -0.1) is 0 Å². The summed E-state index contributed by atoms with van der Waals surface area (Å²) in [6, 6.07) is 13.9. The summed E-state index contributed by atoms with van der Waals surface area (Å²) in [5.41, 5.74) is 1.88. The molecule has 0 spiro atoms. The fraction of sp³-hybridized carbons (Fsp3) is 0.111. The van der Waals surface area contributed by atoms with Crippen molar-refractivity contribution in [1.29, 1.82) is 0 Å². The minimum atomic E-state index is -0.508. The fourth-order valence-electron chi connectivity index (χ4n) is 2.17. The lowest BCUT2D eigenvalue weighted by Gasteiger charge is -2.08. The Morgan fingerprint density at radius 3 is 2.62 bits per heavy atom. The normalized spacial score (nSPS) is 10.3. The summed E-state index contributed by atoms with van der Waals surface area (Å²) in [7, 11) is 0. The molecule has 0 aliphatic carbocycles. The average molecular weight is 369 g/mol. The number of nitrogens with zero attached hydrogens (tertiary/aromatic N) is 2. The molecular weight excluding hydrogens is 354 g/mol. The van der Waals surface area contributed by atoms with Crippen LogP contribution in [0.4, 0.5) is 5.00 Å². The van der Waals surface area contributed by atoms with E-state index in [0.717, 1.165) is 28.2 Å². The number of nitrogens with one attached hydrogen (secondary N) is 1. The second-order valence-electron chi connectivity index (χ2n) is 5.37. The number of pyridine rings is 1. The number of hydrogen-bond acceptors (Lipinski definition) is 6. The van der Waals surface area contributed by atoms with Crippen molar-refractivity contribution in [2.45, 2.75) is 13.2 Å². The molecule has 0 saturated heterocycles. The third-order valence-corrected chi connectivity index (χ3v) is 4.54. The van der Waals surface area contributed by atoms with E-state index in [9.17, 15) is 14.9 Å². The second kappa shape index (κ2) is 8.21. The number of amides is 1. The van der Waals surface area contributed by atoms with Crippen LogP contribution in [0.15, 0.2) is 60.9 Å². The van der Waals surface area contributed by atoms with Crippen molar-refractivity contribution in [3.63, 3.8) is 0 Å². The zero-order valence-electron chi connectivity index (χ0n) is 13.6. The van der Waals surface area contributed by atoms with E-state index in [-0.39, 0.29) is 10.9 Å². The Bertz CT molecular complexity index is 894. The summed E-state index contributed by atoms with van der Waals surface area (Å²) in [5, 5.41) is 13.4. The van der Waals surface area contributed by atoms with Crippen molar-refractivity contribution >= 4 is 22.2 Å². The monoisotopic (exact) mass is 369 g/mol. The van der Waals surface area contributed by atoms with Crippen LogP contribution in [0.5, 0.6) is 5.75 Å². The van der Waals surface area contributed by atoms with Gasteiger partial charge in [0.2, 0.25) is 0 Å². The number of benzene rings is 1. The van der Waals surface area contributed by atoms with Crippen LogP contribution in [0.3, 0.4) is 0 Å². The van der Waals surface area contributed by atoms with Crippen LogP contribution in [0, 0.1) is 10.1 Å². The summed E-state index contributed by atoms with van der Waals surface area (Å²) in [6.45, 7) is 0.758. The number of aromatic nitrogens is 1. The Morgan fingerprint density at radius 1 is 1.15 bits per heavy atom. The number of hydrogen-bond donors (Lipinski definition) is 1. The Labute approximate surface area is 153 Å². The summed E-state index contributed by atoms with van der Waals surface area (Å²) < 4.78 is 5.68. The molecule has 1 N–H and O–H groups in total. The molecule has 1 amide bonds. The largest absolute Gasteiger partial charge is 0.489 e. The molecule has 1 aromatic carbocycles. The van der Waals surface area contributed by atoms with Gasteiger partial charge in [-0.2, -0.15) is 0 Å². The molecule has 0 bridgehead atoms. The van der Waals surface area contributed by atoms with Crippen LogP contribution in [0.2, 0.25) is 0 Å². The highest BCUT2D eigenvalue weighted by atomic mass is 32.1. The van der Waals surface area contributed by atoms with Crippen molar-refractivity contribution in [3.8, 4) is 5.75 Å². The van der Waals surface area contributed by atoms with Crippen molar-refractivity contribution in [3.05, 3.63) is 87.0 Å². The predicted molar refractivity (Wildman–Crippen MR) is 97.2 cm³/mol. The molecule has 0 aliphatic heterocycles. The Hall–Kier alpha value is -3.26. The maximum Gasteiger partial charge on any atom is 0.324 e. The SMILES string of the molecule is O=C(NCc1ccc(OCc2cccnc2)cc1)c1ccc([N+](=O)[O-])s1. The third-order valence-electron chi connectivity index (χ3n) is 3.50. The summed E-state index contributed by atoms with van der Waals surface area (Å²) >= 11 is 0.855. The van der Waals surface area contributed by atoms with Crippen LogP contribution < -0.4 is 10.1 Å². The summed E-state index contributed by atoms with van der Waals surface area (Å²) in [4.78, 5) is 26.5. The van der Waals surface area contributed by atoms with Gasteiger partial charge in [0.25, 0.3) is 5.91 Å². The molecular formula is C18H15N3O4S. The number of nitro groups is 1. The molecule has 0 radical (unpaired) electrons. The third kappa shape index (κ3) is 4.64. The fourth-order valence-corrected chi connectivity index (χ4v) is 2.91. The average Bonchev–Trinajstić information content (AvgIpc) is 3.17. The number of thiophene rings is 1. The van der Waals surface area contributed by atoms with Gasteiger partial charge in [-0.3, -0.25) is 19.9 Å². The van der Waals surface area contributed by atoms with Crippen LogP contribution in [0.1, 0.15) is 20.8 Å². The topological polar surface area (TPSA) is 94.4 Å². The first-order valence-electron chi connectivity index (χ1n) is 7.75. The highest BCUT2D eigenvalue weighted by Crippen LogP contribution is 2.23. The van der Waals surface area contributed by atoms with Gasteiger partial charge in [0.1, 0.15) is 12.4 Å². The van der Waals surface area contributed by atoms with Crippen LogP contribution >= 0.6 is 11.3 Å². The van der Waals surface area contributed by atoms with E-state index < -0.39 is 4.92 Å². The molecule has 3 rings (SSSR count). The lowest BCUT2D eigenvalue weighted by atomic mass is 10.2. The van der Waals surface area contributed by atoms with E-state index in [1.165, 1.54) is 12.1 Å². The zero-order valence-corrected chi connectivity index (χ0v) is 14.4. The first-order chi connectivity index (χ1) is 12.6. The van der Waals surface area contributed by atoms with E-state index in [1.54, 1.807) is 12.4 Å². The van der Waals surface area contributed by atoms with Gasteiger partial charge in [-0.05, 0) is 29.8 Å². The molecule has 2 heterocycles. The van der Waals surface area contributed by atoms with Gasteiger partial charge in [0.05, 0.1) is 9.80 Å². The molecule has 26 heavy (non-hydrogen) atoms. The van der Waals surface area contributed by atoms with E-state index in [4.69, 9.17) is 4.74 Å². The van der Waals surface area contributed by atoms with Gasteiger partial charge < -0.3 is 10.1 Å². The molecule has 3 aromatic rings. The molecule has 132 valence electrons. The minimum Gasteiger partial charge on any atom is -0.489 e. The van der Waals surface area contributed by atoms with Gasteiger partial charge in [-0.1, -0.05) is 29.5 Å². The van der Waals surface area contributed by atoms with E-state index >= 15 is 0 Å². The molecule has 0 atom stereocenters. The first kappa shape index (κ1) is 17.6. The molecule has 8 heteroatoms. The second-order valence-corrected chi connectivity index (χ2v) is 6.43. The number of ether oxygens (including phenoxy) is 1. The van der Waals surface area contributed by atoms with Crippen molar-refractivity contribution in [2.24, 2.45) is 0 Å². The van der Waals surface area contributed by atoms with Crippen molar-refractivity contribution in [1.82, 2.24) is 10.3 Å². The van der Waals surface area contributed by atoms with Gasteiger partial charge in [0, 0.05) is 30.6 Å². The van der Waals surface area contributed by atoms with Gasteiger partial charge in [0.15, 0.2) is 0 Å². The highest BCUT2D eigenvalue weighted by molar-refractivity contribution is 7.17. The lowest BCUT2D eigenvalue weighted by molar-refractivity contribution is -0.380. The number of rotatable bonds is 7. The van der Waals surface area contributed by atoms with Gasteiger partial charge in [-0.25, -0.2) is 0 Å². The standard InChI is InChI=1S/C18H15N3O4S/c22-18(16-7-8-17(26-16)21(23)24)20-11-13-3-5-15(6-4-13)25-12-14-2-1-9-19-10-14/h1-10H,11-12H2,(H,20,22). The zero-order chi connectivity index (χ0) is 18.4. The molecule has 0 fully saturated rings. The predicted octanol–water partition coefficient (Wildman–Crippen LogP) is 3.56. The van der Waals surface area contributed by atoms with E-state index in [1.807, 2.05) is 36.4 Å². The molecule has 2 aromatic heterocycles. The summed E-state index contributed by atoms with van der Waals surface area (Å²) in [5.74, 6) is 0.387. The molecule has 0 aliphatic rings. The van der Waals surface area contributed by atoms with Crippen LogP contribution in [-0.4, -0.2) is 15.8 Å². The Kier molecular flexibility index (Phi) is 5.55. The smallest absolute Gasteiger partial charge is 0.324 e. The quantitative estimate of drug-likeness (QED) is 0.507. The number of carbonyl (C=O) groups is 1. The Balaban J connectivity index is 1.50.